The number of halogens is 1. The van der Waals surface area contributed by atoms with E-state index in [-0.39, 0.29) is 5.82 Å². The first-order valence-corrected chi connectivity index (χ1v) is 12.1. The van der Waals surface area contributed by atoms with Crippen LogP contribution in [0.5, 0.6) is 0 Å². The Hall–Kier alpha value is -3.47. The van der Waals surface area contributed by atoms with Gasteiger partial charge in [-0.1, -0.05) is 18.2 Å². The number of hydrogen-bond acceptors (Lipinski definition) is 6. The van der Waals surface area contributed by atoms with E-state index in [1.807, 2.05) is 36.0 Å². The molecule has 7 heteroatoms. The Balaban J connectivity index is 1.34. The molecule has 0 saturated carbocycles. The molecule has 0 spiro atoms. The number of piperidine rings is 1. The number of thioether (sulfide) groups is 1. The van der Waals surface area contributed by atoms with Crippen molar-refractivity contribution < 1.29 is 4.39 Å². The zero-order valence-electron chi connectivity index (χ0n) is 18.8. The van der Waals surface area contributed by atoms with Gasteiger partial charge in [0.05, 0.1) is 27.9 Å². The molecule has 0 amide bonds. The summed E-state index contributed by atoms with van der Waals surface area (Å²) in [7, 11) is 2.17. The van der Waals surface area contributed by atoms with Gasteiger partial charge in [0.1, 0.15) is 11.6 Å². The maximum Gasteiger partial charge on any atom is 0.147 e. The number of nitriles is 1. The Morgan fingerprint density at radius 1 is 1.06 bits per heavy atom. The molecule has 1 aliphatic rings. The predicted octanol–water partition coefficient (Wildman–Crippen LogP) is 6.24. The topological polar surface area (TPSA) is 64.8 Å². The lowest BCUT2D eigenvalue weighted by Crippen LogP contribution is -2.31. The third-order valence-electron chi connectivity index (χ3n) is 6.06. The molecule has 4 aromatic rings. The van der Waals surface area contributed by atoms with Crippen molar-refractivity contribution in [2.75, 3.05) is 25.5 Å². The molecule has 0 bridgehead atoms. The summed E-state index contributed by atoms with van der Waals surface area (Å²) in [6.07, 6.45) is 4.09. The number of anilines is 2. The minimum Gasteiger partial charge on any atom is -0.338 e. The van der Waals surface area contributed by atoms with Gasteiger partial charge in [0, 0.05) is 22.9 Å². The lowest BCUT2D eigenvalue weighted by Gasteiger charge is -2.28. The zero-order chi connectivity index (χ0) is 23.5. The van der Waals surface area contributed by atoms with Gasteiger partial charge in [0.2, 0.25) is 0 Å². The third-order valence-corrected chi connectivity index (χ3v) is 7.33. The fourth-order valence-corrected chi connectivity index (χ4v) is 5.19. The number of fused-ring (bicyclic) bond motifs is 1. The molecule has 0 radical (unpaired) electrons. The monoisotopic (exact) mass is 469 g/mol. The molecule has 2 aromatic carbocycles. The fraction of sp³-hybridized carbons (Fsp3) is 0.222. The van der Waals surface area contributed by atoms with Crippen LogP contribution < -0.4 is 5.32 Å². The number of pyridine rings is 2. The van der Waals surface area contributed by atoms with E-state index < -0.39 is 0 Å². The van der Waals surface area contributed by atoms with Gasteiger partial charge in [-0.2, -0.15) is 5.26 Å². The highest BCUT2D eigenvalue weighted by Crippen LogP contribution is 2.31. The number of hydrogen-bond donors (Lipinski definition) is 1. The van der Waals surface area contributed by atoms with E-state index in [1.54, 1.807) is 30.5 Å². The number of rotatable bonds is 5. The average molecular weight is 470 g/mol. The highest BCUT2D eigenvalue weighted by Gasteiger charge is 2.18. The maximum atomic E-state index is 14.9. The van der Waals surface area contributed by atoms with E-state index in [1.165, 1.54) is 18.9 Å². The molecule has 0 atom stereocenters. The highest BCUT2D eigenvalue weighted by atomic mass is 32.2. The van der Waals surface area contributed by atoms with Crippen LogP contribution in [0.1, 0.15) is 18.4 Å². The molecular weight excluding hydrogens is 445 g/mol. The van der Waals surface area contributed by atoms with Gasteiger partial charge < -0.3 is 10.2 Å². The summed E-state index contributed by atoms with van der Waals surface area (Å²) in [5.41, 5.74) is 3.22. The van der Waals surface area contributed by atoms with Gasteiger partial charge in [0.15, 0.2) is 0 Å². The first kappa shape index (κ1) is 22.3. The normalized spacial score (nSPS) is 14.7. The number of likely N-dealkylation sites (tertiary alicyclic amines) is 1. The van der Waals surface area contributed by atoms with Crippen LogP contribution in [0.15, 0.2) is 71.9 Å². The molecule has 170 valence electrons. The van der Waals surface area contributed by atoms with Crippen LogP contribution >= 0.6 is 11.8 Å². The van der Waals surface area contributed by atoms with Gasteiger partial charge >= 0.3 is 0 Å². The Kier molecular flexibility index (Phi) is 6.43. The largest absolute Gasteiger partial charge is 0.338 e. The van der Waals surface area contributed by atoms with Crippen molar-refractivity contribution in [1.29, 1.82) is 5.26 Å². The van der Waals surface area contributed by atoms with Crippen molar-refractivity contribution in [2.45, 2.75) is 23.1 Å². The van der Waals surface area contributed by atoms with Gasteiger partial charge in [-0.05, 0) is 80.5 Å². The van der Waals surface area contributed by atoms with E-state index in [0.29, 0.717) is 27.9 Å². The predicted molar refractivity (Wildman–Crippen MR) is 136 cm³/mol. The molecule has 1 aliphatic heterocycles. The molecule has 1 N–H and O–H groups in total. The summed E-state index contributed by atoms with van der Waals surface area (Å²) in [5, 5.41) is 14.7. The molecule has 2 aromatic heterocycles. The van der Waals surface area contributed by atoms with E-state index >= 15 is 0 Å². The van der Waals surface area contributed by atoms with Gasteiger partial charge in [-0.3, -0.25) is 0 Å². The standard InChI is InChI=1S/C27H24FN5S/c1-33-11-9-22(10-12-33)34-27-8-6-21-17-30-26(15-25(21)32-27)31-24-7-5-20(14-23(24)28)19-4-2-3-18(13-19)16-29/h2-8,13-15,17,22H,9-12H2,1H3,(H,30,31). The van der Waals surface area contributed by atoms with E-state index in [4.69, 9.17) is 10.2 Å². The second-order valence-corrected chi connectivity index (χ2v) is 9.87. The molecule has 0 unspecified atom stereocenters. The lowest BCUT2D eigenvalue weighted by atomic mass is 10.0. The van der Waals surface area contributed by atoms with Crippen molar-refractivity contribution in [2.24, 2.45) is 0 Å². The summed E-state index contributed by atoms with van der Waals surface area (Å²) < 4.78 is 14.9. The Labute approximate surface area is 202 Å². The molecule has 5 nitrogen and oxygen atoms in total. The fourth-order valence-electron chi connectivity index (χ4n) is 4.11. The Morgan fingerprint density at radius 3 is 2.68 bits per heavy atom. The average Bonchev–Trinajstić information content (AvgIpc) is 2.86. The van der Waals surface area contributed by atoms with E-state index in [9.17, 15) is 4.39 Å². The first-order chi connectivity index (χ1) is 16.6. The molecule has 1 saturated heterocycles. The minimum atomic E-state index is -0.388. The zero-order valence-corrected chi connectivity index (χ0v) is 19.6. The van der Waals surface area contributed by atoms with Crippen LogP contribution in [0, 0.1) is 17.1 Å². The first-order valence-electron chi connectivity index (χ1n) is 11.3. The molecule has 0 aliphatic carbocycles. The Morgan fingerprint density at radius 2 is 1.88 bits per heavy atom. The third kappa shape index (κ3) is 5.04. The van der Waals surface area contributed by atoms with Crippen molar-refractivity contribution >= 4 is 34.2 Å². The molecule has 1 fully saturated rings. The SMILES string of the molecule is CN1CCC(Sc2ccc3cnc(Nc4ccc(-c5cccc(C#N)c5)cc4F)cc3n2)CC1. The van der Waals surface area contributed by atoms with Crippen molar-refractivity contribution in [3.8, 4) is 17.2 Å². The van der Waals surface area contributed by atoms with Crippen LogP contribution in [-0.4, -0.2) is 40.3 Å². The van der Waals surface area contributed by atoms with Crippen molar-refractivity contribution in [1.82, 2.24) is 14.9 Å². The van der Waals surface area contributed by atoms with Crippen LogP contribution in [-0.2, 0) is 0 Å². The maximum absolute atomic E-state index is 14.9. The molecule has 3 heterocycles. The van der Waals surface area contributed by atoms with Crippen LogP contribution in [0.25, 0.3) is 22.0 Å². The molecule has 5 rings (SSSR count). The number of nitrogens with one attached hydrogen (secondary N) is 1. The Bertz CT molecular complexity index is 1380. The smallest absolute Gasteiger partial charge is 0.147 e. The second kappa shape index (κ2) is 9.80. The minimum absolute atomic E-state index is 0.337. The van der Waals surface area contributed by atoms with Crippen molar-refractivity contribution in [3.63, 3.8) is 0 Å². The van der Waals surface area contributed by atoms with Crippen LogP contribution in [0.3, 0.4) is 0 Å². The van der Waals surface area contributed by atoms with E-state index in [0.717, 1.165) is 34.6 Å². The molecule has 34 heavy (non-hydrogen) atoms. The summed E-state index contributed by atoms with van der Waals surface area (Å²) in [6.45, 7) is 2.24. The quantitative estimate of drug-likeness (QED) is 0.373. The van der Waals surface area contributed by atoms with Crippen molar-refractivity contribution in [3.05, 3.63) is 78.2 Å². The summed E-state index contributed by atoms with van der Waals surface area (Å²) in [4.78, 5) is 11.6. The molecular formula is C27H24FN5S. The van der Waals surface area contributed by atoms with Gasteiger partial charge in [0.25, 0.3) is 0 Å². The van der Waals surface area contributed by atoms with E-state index in [2.05, 4.69) is 34.4 Å². The van der Waals surface area contributed by atoms with Gasteiger partial charge in [-0.15, -0.1) is 11.8 Å². The van der Waals surface area contributed by atoms with Crippen LogP contribution in [0.2, 0.25) is 0 Å². The lowest BCUT2D eigenvalue weighted by molar-refractivity contribution is 0.282. The number of aromatic nitrogens is 2. The summed E-state index contributed by atoms with van der Waals surface area (Å²) in [5.74, 6) is 0.154. The summed E-state index contributed by atoms with van der Waals surface area (Å²) in [6, 6.07) is 20.2. The number of nitrogens with zero attached hydrogens (tertiary/aromatic N) is 4. The summed E-state index contributed by atoms with van der Waals surface area (Å²) >= 11 is 1.84. The highest BCUT2D eigenvalue weighted by molar-refractivity contribution is 7.99. The van der Waals surface area contributed by atoms with Gasteiger partial charge in [-0.25, -0.2) is 14.4 Å². The second-order valence-electron chi connectivity index (χ2n) is 8.54. The van der Waals surface area contributed by atoms with Crippen LogP contribution in [0.4, 0.5) is 15.9 Å². The number of benzene rings is 2.